The van der Waals surface area contributed by atoms with Gasteiger partial charge in [-0.1, -0.05) is 12.1 Å². The molecule has 3 atom stereocenters. The average Bonchev–Trinajstić information content (AvgIpc) is 3.69. The predicted octanol–water partition coefficient (Wildman–Crippen LogP) is 6.33. The van der Waals surface area contributed by atoms with Gasteiger partial charge in [0.2, 0.25) is 18.3 Å². The Balaban J connectivity index is 0.000000427. The minimum atomic E-state index is -0.631. The zero-order valence-corrected chi connectivity index (χ0v) is 32.6. The van der Waals surface area contributed by atoms with Crippen LogP contribution in [0.1, 0.15) is 28.3 Å². The molecule has 6 rings (SSSR count). The van der Waals surface area contributed by atoms with Gasteiger partial charge in [-0.25, -0.2) is 4.39 Å². The Morgan fingerprint density at radius 3 is 1.88 bits per heavy atom. The highest BCUT2D eigenvalue weighted by atomic mass is 19.1. The zero-order chi connectivity index (χ0) is 40.4. The lowest BCUT2D eigenvalue weighted by molar-refractivity contribution is -0.119. The van der Waals surface area contributed by atoms with Crippen molar-refractivity contribution >= 4 is 23.8 Å². The number of ether oxygens (including phenoxy) is 10. The zero-order valence-electron chi connectivity index (χ0n) is 32.6. The smallest absolute Gasteiger partial charge is 0.252 e. The van der Waals surface area contributed by atoms with Crippen molar-refractivity contribution in [1.29, 1.82) is 0 Å². The second-order valence-corrected chi connectivity index (χ2v) is 12.5. The van der Waals surface area contributed by atoms with Gasteiger partial charge in [-0.2, -0.15) is 0 Å². The van der Waals surface area contributed by atoms with Gasteiger partial charge < -0.3 is 57.5 Å². The van der Waals surface area contributed by atoms with E-state index in [0.29, 0.717) is 63.5 Å². The Morgan fingerprint density at radius 2 is 1.34 bits per heavy atom. The van der Waals surface area contributed by atoms with E-state index in [1.165, 1.54) is 40.6 Å². The summed E-state index contributed by atoms with van der Waals surface area (Å²) in [5.41, 5.74) is 2.67. The number of para-hydroxylation sites is 1. The lowest BCUT2D eigenvalue weighted by Crippen LogP contribution is -2.43. The maximum absolute atomic E-state index is 14.7. The normalized spacial score (nSPS) is 16.7. The summed E-state index contributed by atoms with van der Waals surface area (Å²) >= 11 is 0. The highest BCUT2D eigenvalue weighted by Crippen LogP contribution is 2.45. The highest BCUT2D eigenvalue weighted by molar-refractivity contribution is 6.24. The molecule has 0 saturated heterocycles. The van der Waals surface area contributed by atoms with Gasteiger partial charge in [-0.3, -0.25) is 4.79 Å². The van der Waals surface area contributed by atoms with Crippen molar-refractivity contribution in [1.82, 2.24) is 5.32 Å². The number of hydrogen-bond acceptors (Lipinski definition) is 12. The van der Waals surface area contributed by atoms with E-state index < -0.39 is 23.7 Å². The molecular formula is C42H46FNO12. The van der Waals surface area contributed by atoms with Crippen molar-refractivity contribution in [3.8, 4) is 51.7 Å². The van der Waals surface area contributed by atoms with Crippen LogP contribution in [0.15, 0.2) is 60.7 Å². The third-order valence-electron chi connectivity index (χ3n) is 9.52. The van der Waals surface area contributed by atoms with E-state index in [-0.39, 0.29) is 30.6 Å². The number of nitrogens with one attached hydrogen (secondary N) is 1. The van der Waals surface area contributed by atoms with Gasteiger partial charge in [0.15, 0.2) is 46.1 Å². The number of amides is 1. The van der Waals surface area contributed by atoms with Crippen LogP contribution in [0, 0.1) is 17.7 Å². The largest absolute Gasteiger partial charge is 0.494 e. The fourth-order valence-electron chi connectivity index (χ4n) is 6.79. The van der Waals surface area contributed by atoms with E-state index in [0.717, 1.165) is 17.4 Å². The topological polar surface area (TPSA) is 138 Å². The van der Waals surface area contributed by atoms with Gasteiger partial charge in [0, 0.05) is 24.5 Å². The summed E-state index contributed by atoms with van der Waals surface area (Å²) in [5.74, 6) is 2.31. The molecule has 1 heterocycles. The monoisotopic (exact) mass is 775 g/mol. The van der Waals surface area contributed by atoms with Gasteiger partial charge >= 0.3 is 0 Å². The minimum Gasteiger partial charge on any atom is -0.494 e. The summed E-state index contributed by atoms with van der Waals surface area (Å²) in [7, 11) is 12.1. The van der Waals surface area contributed by atoms with Crippen LogP contribution in [0.25, 0.3) is 11.6 Å². The minimum absolute atomic E-state index is 0.0702. The van der Waals surface area contributed by atoms with Crippen LogP contribution in [0.3, 0.4) is 0 Å². The van der Waals surface area contributed by atoms with E-state index >= 15 is 0 Å². The van der Waals surface area contributed by atoms with Crippen LogP contribution in [-0.2, 0) is 20.7 Å². The van der Waals surface area contributed by atoms with Crippen LogP contribution >= 0.6 is 0 Å². The summed E-state index contributed by atoms with van der Waals surface area (Å²) < 4.78 is 68.3. The van der Waals surface area contributed by atoms with Gasteiger partial charge in [0.1, 0.15) is 6.29 Å². The molecule has 2 aliphatic rings. The van der Waals surface area contributed by atoms with Gasteiger partial charge in [-0.05, 0) is 83.3 Å². The first-order chi connectivity index (χ1) is 27.2. The number of carbonyl (C=O) groups excluding carboxylic acids is 2. The molecule has 1 aliphatic carbocycles. The number of benzene rings is 4. The first-order valence-corrected chi connectivity index (χ1v) is 17.5. The summed E-state index contributed by atoms with van der Waals surface area (Å²) in [6.07, 6.45) is 2.91. The number of rotatable bonds is 14. The summed E-state index contributed by atoms with van der Waals surface area (Å²) in [5, 5.41) is 3.15. The molecule has 1 unspecified atom stereocenters. The Hall–Kier alpha value is -6.15. The van der Waals surface area contributed by atoms with Crippen molar-refractivity contribution in [2.24, 2.45) is 11.8 Å². The lowest BCUT2D eigenvalue weighted by atomic mass is 9.73. The number of methoxy groups -OCH3 is 8. The van der Waals surface area contributed by atoms with Crippen LogP contribution in [0.5, 0.6) is 51.7 Å². The fourth-order valence-corrected chi connectivity index (χ4v) is 6.79. The molecule has 0 aromatic heterocycles. The summed E-state index contributed by atoms with van der Waals surface area (Å²) in [6.45, 7) is 0.301. The molecule has 4 aromatic rings. The van der Waals surface area contributed by atoms with Gasteiger partial charge in [-0.15, -0.1) is 0 Å². The van der Waals surface area contributed by atoms with Crippen molar-refractivity contribution in [3.05, 3.63) is 88.7 Å². The molecule has 13 nitrogen and oxygen atoms in total. The fraction of sp³-hybridized carbons (Fsp3) is 0.333. The van der Waals surface area contributed by atoms with Crippen LogP contribution in [0.2, 0.25) is 0 Å². The Kier molecular flexibility index (Phi) is 13.9. The third-order valence-corrected chi connectivity index (χ3v) is 9.52. The second-order valence-electron chi connectivity index (χ2n) is 12.5. The molecule has 0 spiro atoms. The molecule has 4 aromatic carbocycles. The first-order valence-electron chi connectivity index (χ1n) is 17.5. The number of carbonyl (C=O) groups is 2. The quantitative estimate of drug-likeness (QED) is 0.0870. The lowest BCUT2D eigenvalue weighted by Gasteiger charge is -2.37. The molecular weight excluding hydrogens is 729 g/mol. The van der Waals surface area contributed by atoms with Crippen LogP contribution in [0.4, 0.5) is 4.39 Å². The average molecular weight is 776 g/mol. The Morgan fingerprint density at radius 1 is 0.750 bits per heavy atom. The summed E-state index contributed by atoms with van der Waals surface area (Å²) in [4.78, 5) is 26.7. The first kappa shape index (κ1) is 41.0. The highest BCUT2D eigenvalue weighted by Gasteiger charge is 2.39. The van der Waals surface area contributed by atoms with Crippen LogP contribution < -0.4 is 47.9 Å². The maximum atomic E-state index is 14.7. The Bertz CT molecular complexity index is 2000. The van der Waals surface area contributed by atoms with E-state index in [1.807, 2.05) is 30.3 Å². The summed E-state index contributed by atoms with van der Waals surface area (Å²) in [6, 6.07) is 16.2. The number of fused-ring (bicyclic) bond motifs is 2. The van der Waals surface area contributed by atoms with Crippen molar-refractivity contribution < 1.29 is 61.3 Å². The molecule has 1 amide bonds. The molecule has 14 heteroatoms. The molecule has 298 valence electrons. The number of aldehydes is 1. The van der Waals surface area contributed by atoms with E-state index in [2.05, 4.69) is 5.32 Å². The number of halogens is 1. The standard InChI is InChI=1S/C33H34FNO9.C9H12O3/c1-38-16-24-21(15-36)10-19-11-27-28(44-17-43-27)14-22(19)31(24)35-33(37)23(8-18-6-7-26(39-2)25(34)9-18)20-12-29(40-3)32(42-5)30(13-20)41-4;1-10-7-5-4-6-8(11-2)9(7)12-3/h6-9,11-15,21,24,31H,10,16-17H2,1-5H3,(H,35,37);4-6H,1-3H3/b23-8+;/t21-,24?,31+;/m0./s1. The molecule has 0 saturated carbocycles. The molecule has 0 radical (unpaired) electrons. The molecule has 0 bridgehead atoms. The van der Waals surface area contributed by atoms with Gasteiger partial charge in [0.05, 0.1) is 62.4 Å². The van der Waals surface area contributed by atoms with Crippen molar-refractivity contribution in [3.63, 3.8) is 0 Å². The SMILES string of the molecule is COCC1[C@H](C=O)Cc2cc3c(cc2[C@H]1NC(=O)/C(=C/c1ccc(OC)c(F)c1)c1cc(OC)c(OC)c(OC)c1)OCO3.COc1cccc(OC)c1OC. The van der Waals surface area contributed by atoms with E-state index in [9.17, 15) is 14.0 Å². The third kappa shape index (κ3) is 8.70. The van der Waals surface area contributed by atoms with E-state index in [1.54, 1.807) is 52.7 Å². The molecule has 1 aliphatic heterocycles. The maximum Gasteiger partial charge on any atom is 0.252 e. The molecule has 56 heavy (non-hydrogen) atoms. The molecule has 1 N–H and O–H groups in total. The van der Waals surface area contributed by atoms with Crippen molar-refractivity contribution in [2.45, 2.75) is 12.5 Å². The Labute approximate surface area is 325 Å². The van der Waals surface area contributed by atoms with Crippen molar-refractivity contribution in [2.75, 3.05) is 70.3 Å². The van der Waals surface area contributed by atoms with Gasteiger partial charge in [0.25, 0.3) is 5.91 Å². The molecule has 0 fully saturated rings. The van der Waals surface area contributed by atoms with Crippen LogP contribution in [-0.4, -0.2) is 82.5 Å². The predicted molar refractivity (Wildman–Crippen MR) is 205 cm³/mol. The number of hydrogen-bond donors (Lipinski definition) is 1. The van der Waals surface area contributed by atoms with E-state index in [4.69, 9.17) is 47.4 Å². The second kappa shape index (κ2) is 18.9.